The first-order chi connectivity index (χ1) is 10.0. The maximum absolute atomic E-state index is 5.87. The van der Waals surface area contributed by atoms with Crippen LogP contribution in [-0.2, 0) is 13.1 Å². The first kappa shape index (κ1) is 16.5. The summed E-state index contributed by atoms with van der Waals surface area (Å²) in [6.07, 6.45) is 1.09. The minimum absolute atomic E-state index is 0.467. The second-order valence-electron chi connectivity index (χ2n) is 5.30. The van der Waals surface area contributed by atoms with Crippen molar-refractivity contribution in [3.05, 3.63) is 44.9 Å². The van der Waals surface area contributed by atoms with Gasteiger partial charge < -0.3 is 10.6 Å². The molecule has 1 heterocycles. The van der Waals surface area contributed by atoms with Gasteiger partial charge in [-0.3, -0.25) is 0 Å². The summed E-state index contributed by atoms with van der Waals surface area (Å²) < 4.78 is 1.10. The molecule has 0 spiro atoms. The van der Waals surface area contributed by atoms with E-state index in [9.17, 15) is 0 Å². The number of rotatable bonds is 6. The topological polar surface area (TPSA) is 42.2 Å². The molecule has 0 radical (unpaired) electrons. The summed E-state index contributed by atoms with van der Waals surface area (Å²) in [4.78, 5) is 8.22. The van der Waals surface area contributed by atoms with E-state index in [2.05, 4.69) is 66.0 Å². The van der Waals surface area contributed by atoms with Crippen molar-refractivity contribution in [3.8, 4) is 0 Å². The summed E-state index contributed by atoms with van der Waals surface area (Å²) in [5.74, 6) is 0.467. The van der Waals surface area contributed by atoms with Gasteiger partial charge in [0, 0.05) is 29.5 Å². The Morgan fingerprint density at radius 1 is 1.33 bits per heavy atom. The van der Waals surface area contributed by atoms with Crippen molar-refractivity contribution in [2.24, 2.45) is 5.73 Å². The summed E-state index contributed by atoms with van der Waals surface area (Å²) >= 11 is 5.18. The maximum Gasteiger partial charge on any atom is 0.185 e. The number of anilines is 1. The molecule has 1 unspecified atom stereocenters. The van der Waals surface area contributed by atoms with Crippen molar-refractivity contribution in [2.75, 3.05) is 11.9 Å². The highest BCUT2D eigenvalue weighted by Crippen LogP contribution is 2.32. The van der Waals surface area contributed by atoms with E-state index in [1.54, 1.807) is 11.3 Å². The number of thiazole rings is 1. The summed E-state index contributed by atoms with van der Waals surface area (Å²) in [7, 11) is 2.08. The average Bonchev–Trinajstić information content (AvgIpc) is 2.93. The minimum Gasteiger partial charge on any atom is -0.347 e. The number of hydrogen-bond acceptors (Lipinski definition) is 4. The fraction of sp³-hybridized carbons (Fsp3) is 0.438. The van der Waals surface area contributed by atoms with Gasteiger partial charge >= 0.3 is 0 Å². The third-order valence-electron chi connectivity index (χ3n) is 3.64. The third kappa shape index (κ3) is 4.05. The van der Waals surface area contributed by atoms with Crippen LogP contribution >= 0.6 is 27.3 Å². The van der Waals surface area contributed by atoms with Crippen LogP contribution in [0.5, 0.6) is 0 Å². The van der Waals surface area contributed by atoms with Crippen LogP contribution in [0.4, 0.5) is 5.13 Å². The van der Waals surface area contributed by atoms with Gasteiger partial charge in [0.2, 0.25) is 0 Å². The van der Waals surface area contributed by atoms with Gasteiger partial charge in [-0.05, 0) is 30.0 Å². The van der Waals surface area contributed by atoms with Crippen molar-refractivity contribution in [3.63, 3.8) is 0 Å². The molecule has 5 heteroatoms. The Hall–Kier alpha value is -0.910. The highest BCUT2D eigenvalue weighted by Gasteiger charge is 2.17. The number of halogens is 1. The Morgan fingerprint density at radius 3 is 2.57 bits per heavy atom. The molecule has 1 atom stereocenters. The summed E-state index contributed by atoms with van der Waals surface area (Å²) in [5.41, 5.74) is 8.32. The molecular weight excluding hydrogens is 346 g/mol. The van der Waals surface area contributed by atoms with Crippen LogP contribution in [0.1, 0.15) is 42.3 Å². The molecule has 0 bridgehead atoms. The van der Waals surface area contributed by atoms with E-state index < -0.39 is 0 Å². The Kier molecular flexibility index (Phi) is 5.79. The zero-order chi connectivity index (χ0) is 15.4. The average molecular weight is 368 g/mol. The molecular formula is C16H22BrN3S. The molecule has 0 amide bonds. The lowest BCUT2D eigenvalue weighted by molar-refractivity contribution is 0.702. The lowest BCUT2D eigenvalue weighted by atomic mass is 10.0. The molecule has 0 saturated carbocycles. The van der Waals surface area contributed by atoms with E-state index in [1.807, 2.05) is 0 Å². The number of aromatic nitrogens is 1. The van der Waals surface area contributed by atoms with Crippen molar-refractivity contribution in [1.82, 2.24) is 4.98 Å². The van der Waals surface area contributed by atoms with Crippen LogP contribution in [0.25, 0.3) is 0 Å². The molecule has 2 N–H and O–H groups in total. The van der Waals surface area contributed by atoms with Gasteiger partial charge in [-0.25, -0.2) is 4.98 Å². The fourth-order valence-corrected chi connectivity index (χ4v) is 3.45. The van der Waals surface area contributed by atoms with Gasteiger partial charge in [-0.15, -0.1) is 11.3 Å². The Bertz CT molecular complexity index is 580. The van der Waals surface area contributed by atoms with Crippen LogP contribution in [0.15, 0.2) is 28.7 Å². The highest BCUT2D eigenvalue weighted by molar-refractivity contribution is 9.10. The normalized spacial score (nSPS) is 12.4. The van der Waals surface area contributed by atoms with Crippen LogP contribution in [0.3, 0.4) is 0 Å². The Balaban J connectivity index is 2.17. The molecule has 1 aromatic heterocycles. The SMILES string of the molecule is CCC(C)c1nc(N(C)Cc2ccc(Br)cc2)sc1CN. The van der Waals surface area contributed by atoms with Gasteiger partial charge in [0.15, 0.2) is 5.13 Å². The van der Waals surface area contributed by atoms with Crippen molar-refractivity contribution < 1.29 is 0 Å². The molecule has 1 aromatic carbocycles. The standard InChI is InChI=1S/C16H22BrN3S/c1-4-11(2)15-14(9-18)21-16(19-15)20(3)10-12-5-7-13(17)8-6-12/h5-8,11H,4,9-10,18H2,1-3H3. The van der Waals surface area contributed by atoms with E-state index in [0.29, 0.717) is 12.5 Å². The lowest BCUT2D eigenvalue weighted by Gasteiger charge is -2.16. The van der Waals surface area contributed by atoms with E-state index in [-0.39, 0.29) is 0 Å². The number of nitrogens with zero attached hydrogens (tertiary/aromatic N) is 2. The molecule has 0 aliphatic rings. The molecule has 114 valence electrons. The Morgan fingerprint density at radius 2 is 2.00 bits per heavy atom. The molecule has 21 heavy (non-hydrogen) atoms. The predicted molar refractivity (Wildman–Crippen MR) is 95.0 cm³/mol. The lowest BCUT2D eigenvalue weighted by Crippen LogP contribution is -2.16. The zero-order valence-electron chi connectivity index (χ0n) is 12.8. The smallest absolute Gasteiger partial charge is 0.185 e. The largest absolute Gasteiger partial charge is 0.347 e. The Labute approximate surface area is 139 Å². The van der Waals surface area contributed by atoms with Crippen LogP contribution in [0, 0.1) is 0 Å². The fourth-order valence-electron chi connectivity index (χ4n) is 2.17. The first-order valence-electron chi connectivity index (χ1n) is 7.20. The van der Waals surface area contributed by atoms with Crippen molar-refractivity contribution in [2.45, 2.75) is 39.3 Å². The van der Waals surface area contributed by atoms with E-state index >= 15 is 0 Å². The summed E-state index contributed by atoms with van der Waals surface area (Å²) in [6.45, 7) is 5.83. The van der Waals surface area contributed by atoms with Gasteiger partial charge in [-0.1, -0.05) is 41.9 Å². The van der Waals surface area contributed by atoms with Crippen molar-refractivity contribution >= 4 is 32.4 Å². The summed E-state index contributed by atoms with van der Waals surface area (Å²) in [6, 6.07) is 8.41. The molecule has 0 aliphatic carbocycles. The third-order valence-corrected chi connectivity index (χ3v) is 5.38. The predicted octanol–water partition coefficient (Wildman–Crippen LogP) is 4.51. The van der Waals surface area contributed by atoms with E-state index in [0.717, 1.165) is 22.6 Å². The number of benzene rings is 1. The quantitative estimate of drug-likeness (QED) is 0.816. The van der Waals surface area contributed by atoms with Gasteiger partial charge in [0.1, 0.15) is 0 Å². The minimum atomic E-state index is 0.467. The highest BCUT2D eigenvalue weighted by atomic mass is 79.9. The molecule has 0 fully saturated rings. The molecule has 2 aromatic rings. The molecule has 0 saturated heterocycles. The zero-order valence-corrected chi connectivity index (χ0v) is 15.2. The second kappa shape index (κ2) is 7.38. The van der Waals surface area contributed by atoms with Crippen molar-refractivity contribution in [1.29, 1.82) is 0 Å². The van der Waals surface area contributed by atoms with Gasteiger partial charge in [0.25, 0.3) is 0 Å². The number of nitrogens with two attached hydrogens (primary N) is 1. The maximum atomic E-state index is 5.87. The summed E-state index contributed by atoms with van der Waals surface area (Å²) in [5, 5.41) is 1.05. The number of hydrogen-bond donors (Lipinski definition) is 1. The van der Waals surface area contributed by atoms with Crippen LogP contribution in [-0.4, -0.2) is 12.0 Å². The first-order valence-corrected chi connectivity index (χ1v) is 8.81. The molecule has 0 aliphatic heterocycles. The van der Waals surface area contributed by atoms with E-state index in [1.165, 1.54) is 16.1 Å². The molecule has 2 rings (SSSR count). The monoisotopic (exact) mass is 367 g/mol. The van der Waals surface area contributed by atoms with Gasteiger partial charge in [-0.2, -0.15) is 0 Å². The molecule has 3 nitrogen and oxygen atoms in total. The second-order valence-corrected chi connectivity index (χ2v) is 7.28. The van der Waals surface area contributed by atoms with Crippen LogP contribution in [0.2, 0.25) is 0 Å². The van der Waals surface area contributed by atoms with Gasteiger partial charge in [0.05, 0.1) is 5.69 Å². The van der Waals surface area contributed by atoms with Crippen LogP contribution < -0.4 is 10.6 Å². The van der Waals surface area contributed by atoms with E-state index in [4.69, 9.17) is 10.7 Å².